The molecule has 1 aromatic rings. The van der Waals surface area contributed by atoms with E-state index in [1.807, 2.05) is 9.80 Å². The van der Waals surface area contributed by atoms with Crippen LogP contribution in [0.3, 0.4) is 0 Å². The van der Waals surface area contributed by atoms with Crippen molar-refractivity contribution in [2.45, 2.75) is 38.1 Å². The number of carbonyl (C=O) groups is 2. The third-order valence-electron chi connectivity index (χ3n) is 5.72. The number of ether oxygens (including phenoxy) is 1. The Kier molecular flexibility index (Phi) is 6.31. The fourth-order valence-electron chi connectivity index (χ4n) is 4.18. The lowest BCUT2D eigenvalue weighted by Crippen LogP contribution is -2.41. The first kappa shape index (κ1) is 19.6. The molecule has 2 saturated heterocycles. The summed E-state index contributed by atoms with van der Waals surface area (Å²) in [5.41, 5.74) is 0.479. The minimum absolute atomic E-state index is 0.252. The number of carboxylic acids is 1. The number of carboxylic acid groups (broad SMARTS) is 1. The van der Waals surface area contributed by atoms with Gasteiger partial charge in [-0.05, 0) is 50.8 Å². The average Bonchev–Trinajstić information content (AvgIpc) is 3.07. The van der Waals surface area contributed by atoms with Crippen LogP contribution in [-0.2, 0) is 9.59 Å². The summed E-state index contributed by atoms with van der Waals surface area (Å²) in [6.07, 6.45) is 4.39. The second-order valence-corrected chi connectivity index (χ2v) is 7.38. The van der Waals surface area contributed by atoms with E-state index in [-0.39, 0.29) is 11.7 Å². The number of methoxy groups -OCH3 is 1. The molecule has 1 aromatic carbocycles. The van der Waals surface area contributed by atoms with E-state index in [0.717, 1.165) is 38.8 Å². The normalized spacial score (nSPS) is 20.1. The molecule has 7 heteroatoms. The van der Waals surface area contributed by atoms with Crippen LogP contribution in [0.2, 0.25) is 0 Å². The van der Waals surface area contributed by atoms with Crippen LogP contribution in [0, 0.1) is 11.7 Å². The Morgan fingerprint density at radius 2 is 2.07 bits per heavy atom. The summed E-state index contributed by atoms with van der Waals surface area (Å²) >= 11 is 0. The molecule has 3 rings (SSSR count). The quantitative estimate of drug-likeness (QED) is 0.790. The SMILES string of the molecule is COc1cc(F)ccc1[C@H](C(=O)O)N1CCC(CCN2CCCC2=O)CC1. The van der Waals surface area contributed by atoms with Crippen molar-refractivity contribution in [2.24, 2.45) is 5.92 Å². The number of aliphatic carboxylic acids is 1. The first-order chi connectivity index (χ1) is 13.0. The van der Waals surface area contributed by atoms with Crippen LogP contribution < -0.4 is 4.74 Å². The van der Waals surface area contributed by atoms with E-state index >= 15 is 0 Å². The number of halogens is 1. The van der Waals surface area contributed by atoms with Gasteiger partial charge in [-0.2, -0.15) is 0 Å². The second-order valence-electron chi connectivity index (χ2n) is 7.38. The zero-order valence-corrected chi connectivity index (χ0v) is 15.7. The molecule has 0 aliphatic carbocycles. The Labute approximate surface area is 158 Å². The lowest BCUT2D eigenvalue weighted by Gasteiger charge is -2.36. The molecular formula is C20H27FN2O4. The Hall–Kier alpha value is -2.15. The van der Waals surface area contributed by atoms with Gasteiger partial charge in [0.1, 0.15) is 17.6 Å². The lowest BCUT2D eigenvalue weighted by atomic mass is 9.91. The van der Waals surface area contributed by atoms with Gasteiger partial charge in [-0.15, -0.1) is 0 Å². The summed E-state index contributed by atoms with van der Waals surface area (Å²) < 4.78 is 18.7. The van der Waals surface area contributed by atoms with E-state index in [2.05, 4.69) is 0 Å². The number of carbonyl (C=O) groups excluding carboxylic acids is 1. The number of likely N-dealkylation sites (tertiary alicyclic amines) is 2. The summed E-state index contributed by atoms with van der Waals surface area (Å²) in [6, 6.07) is 3.15. The van der Waals surface area contributed by atoms with Gasteiger partial charge in [0.15, 0.2) is 0 Å². The zero-order chi connectivity index (χ0) is 19.4. The van der Waals surface area contributed by atoms with Gasteiger partial charge in [0.25, 0.3) is 0 Å². The monoisotopic (exact) mass is 378 g/mol. The Bertz CT molecular complexity index is 689. The Morgan fingerprint density at radius 3 is 2.67 bits per heavy atom. The number of amides is 1. The van der Waals surface area contributed by atoms with Gasteiger partial charge in [-0.25, -0.2) is 4.39 Å². The number of nitrogens with zero attached hydrogens (tertiary/aromatic N) is 2. The maximum absolute atomic E-state index is 13.5. The van der Waals surface area contributed by atoms with Crippen LogP contribution in [0.4, 0.5) is 4.39 Å². The van der Waals surface area contributed by atoms with Crippen LogP contribution >= 0.6 is 0 Å². The average molecular weight is 378 g/mol. The zero-order valence-electron chi connectivity index (χ0n) is 15.7. The van der Waals surface area contributed by atoms with Crippen LogP contribution in [0.15, 0.2) is 18.2 Å². The minimum Gasteiger partial charge on any atom is -0.496 e. The molecule has 0 spiro atoms. The number of hydrogen-bond acceptors (Lipinski definition) is 4. The van der Waals surface area contributed by atoms with E-state index in [0.29, 0.717) is 31.0 Å². The molecule has 27 heavy (non-hydrogen) atoms. The molecule has 0 unspecified atom stereocenters. The number of piperidine rings is 1. The molecule has 1 N–H and O–H groups in total. The third-order valence-corrected chi connectivity index (χ3v) is 5.72. The molecule has 2 aliphatic heterocycles. The van der Waals surface area contributed by atoms with E-state index in [1.54, 1.807) is 0 Å². The van der Waals surface area contributed by atoms with Crippen molar-refractivity contribution >= 4 is 11.9 Å². The standard InChI is InChI=1S/C20H27FN2O4/c1-27-17-13-15(21)4-5-16(17)19(20(25)26)23-11-7-14(8-12-23)6-10-22-9-2-3-18(22)24/h4-5,13-14,19H,2-3,6-12H2,1H3,(H,25,26)/t19-/m1/s1. The number of rotatable bonds is 7. The molecule has 1 atom stereocenters. The summed E-state index contributed by atoms with van der Waals surface area (Å²) in [5, 5.41) is 9.78. The first-order valence-electron chi connectivity index (χ1n) is 9.57. The van der Waals surface area contributed by atoms with Crippen LogP contribution in [0.25, 0.3) is 0 Å². The van der Waals surface area contributed by atoms with E-state index in [9.17, 15) is 19.1 Å². The van der Waals surface area contributed by atoms with Gasteiger partial charge in [0, 0.05) is 31.1 Å². The summed E-state index contributed by atoms with van der Waals surface area (Å²) in [7, 11) is 1.42. The van der Waals surface area contributed by atoms with Crippen molar-refractivity contribution in [3.8, 4) is 5.75 Å². The van der Waals surface area contributed by atoms with Crippen LogP contribution in [0.5, 0.6) is 5.75 Å². The lowest BCUT2D eigenvalue weighted by molar-refractivity contribution is -0.144. The molecule has 1 amide bonds. The largest absolute Gasteiger partial charge is 0.496 e. The highest BCUT2D eigenvalue weighted by atomic mass is 19.1. The van der Waals surface area contributed by atoms with Crippen molar-refractivity contribution in [2.75, 3.05) is 33.3 Å². The van der Waals surface area contributed by atoms with Crippen molar-refractivity contribution in [1.29, 1.82) is 0 Å². The van der Waals surface area contributed by atoms with Crippen molar-refractivity contribution < 1.29 is 23.8 Å². The maximum atomic E-state index is 13.5. The van der Waals surface area contributed by atoms with E-state index < -0.39 is 17.8 Å². The highest BCUT2D eigenvalue weighted by molar-refractivity contribution is 5.78. The fraction of sp³-hybridized carbons (Fsp3) is 0.600. The van der Waals surface area contributed by atoms with Gasteiger partial charge >= 0.3 is 5.97 Å². The Balaban J connectivity index is 1.60. The second kappa shape index (κ2) is 8.69. The van der Waals surface area contributed by atoms with Crippen molar-refractivity contribution in [1.82, 2.24) is 9.80 Å². The van der Waals surface area contributed by atoms with E-state index in [1.165, 1.54) is 25.3 Å². The van der Waals surface area contributed by atoms with Gasteiger partial charge in [0.05, 0.1) is 7.11 Å². The summed E-state index contributed by atoms with van der Waals surface area (Å²) in [5.74, 6) is -0.394. The van der Waals surface area contributed by atoms with Crippen molar-refractivity contribution in [3.05, 3.63) is 29.6 Å². The fourth-order valence-corrected chi connectivity index (χ4v) is 4.18. The van der Waals surface area contributed by atoms with E-state index in [4.69, 9.17) is 4.74 Å². The van der Waals surface area contributed by atoms with Crippen molar-refractivity contribution in [3.63, 3.8) is 0 Å². The van der Waals surface area contributed by atoms with Gasteiger partial charge in [-0.1, -0.05) is 6.07 Å². The van der Waals surface area contributed by atoms with Crippen LogP contribution in [0.1, 0.15) is 43.7 Å². The molecule has 6 nitrogen and oxygen atoms in total. The van der Waals surface area contributed by atoms with Gasteiger partial charge in [-0.3, -0.25) is 14.5 Å². The molecule has 2 heterocycles. The highest BCUT2D eigenvalue weighted by Crippen LogP contribution is 2.34. The third kappa shape index (κ3) is 4.58. The topological polar surface area (TPSA) is 70.1 Å². The predicted octanol–water partition coefficient (Wildman–Crippen LogP) is 2.68. The molecule has 148 valence electrons. The van der Waals surface area contributed by atoms with Gasteiger partial charge in [0.2, 0.25) is 5.91 Å². The molecule has 2 fully saturated rings. The summed E-state index contributed by atoms with van der Waals surface area (Å²) in [4.78, 5) is 27.5. The smallest absolute Gasteiger partial charge is 0.325 e. The molecule has 0 aromatic heterocycles. The number of hydrogen-bond donors (Lipinski definition) is 1. The minimum atomic E-state index is -0.957. The van der Waals surface area contributed by atoms with Gasteiger partial charge < -0.3 is 14.7 Å². The molecule has 2 aliphatic rings. The molecular weight excluding hydrogens is 351 g/mol. The maximum Gasteiger partial charge on any atom is 0.325 e. The first-order valence-corrected chi connectivity index (χ1v) is 9.57. The summed E-state index contributed by atoms with van der Waals surface area (Å²) in [6.45, 7) is 2.99. The molecule has 0 saturated carbocycles. The molecule has 0 radical (unpaired) electrons. The predicted molar refractivity (Wildman–Crippen MR) is 98.1 cm³/mol. The highest BCUT2D eigenvalue weighted by Gasteiger charge is 2.33. The number of benzene rings is 1. The Morgan fingerprint density at radius 1 is 1.33 bits per heavy atom. The molecule has 0 bridgehead atoms. The van der Waals surface area contributed by atoms with Crippen LogP contribution in [-0.4, -0.2) is 60.1 Å².